The molecule has 0 aliphatic heterocycles. The second kappa shape index (κ2) is 6.11. The van der Waals surface area contributed by atoms with Gasteiger partial charge < -0.3 is 9.63 Å². The van der Waals surface area contributed by atoms with Crippen LogP contribution in [0.2, 0.25) is 0 Å². The van der Waals surface area contributed by atoms with E-state index in [0.29, 0.717) is 5.75 Å². The Hall–Kier alpha value is -2.12. The Bertz CT molecular complexity index is 736. The minimum Gasteiger partial charge on any atom is -0.478 e. The van der Waals surface area contributed by atoms with Gasteiger partial charge in [-0.15, -0.1) is 11.3 Å². The van der Waals surface area contributed by atoms with Crippen LogP contribution in [0.3, 0.4) is 0 Å². The number of aromatic nitrogens is 2. The van der Waals surface area contributed by atoms with Crippen LogP contribution >= 0.6 is 23.1 Å². The van der Waals surface area contributed by atoms with Crippen molar-refractivity contribution in [1.29, 1.82) is 0 Å². The Morgan fingerprint density at radius 1 is 1.38 bits per heavy atom. The number of pyridine rings is 1. The van der Waals surface area contributed by atoms with E-state index in [9.17, 15) is 4.79 Å². The molecule has 5 nitrogen and oxygen atoms in total. The molecule has 1 N–H and O–H groups in total. The zero-order valence-electron chi connectivity index (χ0n) is 10.7. The van der Waals surface area contributed by atoms with Gasteiger partial charge in [-0.3, -0.25) is 0 Å². The monoisotopic (exact) mass is 318 g/mol. The van der Waals surface area contributed by atoms with Crippen LogP contribution in [-0.4, -0.2) is 21.2 Å². The van der Waals surface area contributed by atoms with E-state index in [1.54, 1.807) is 17.4 Å². The molecule has 0 radical (unpaired) electrons. The van der Waals surface area contributed by atoms with E-state index >= 15 is 0 Å². The van der Waals surface area contributed by atoms with Crippen molar-refractivity contribution in [2.45, 2.75) is 10.8 Å². The van der Waals surface area contributed by atoms with Crippen LogP contribution in [0.5, 0.6) is 0 Å². The van der Waals surface area contributed by atoms with Gasteiger partial charge in [0, 0.05) is 18.0 Å². The van der Waals surface area contributed by atoms with Crippen molar-refractivity contribution in [3.8, 4) is 10.6 Å². The average molecular weight is 318 g/mol. The van der Waals surface area contributed by atoms with Gasteiger partial charge >= 0.3 is 5.97 Å². The van der Waals surface area contributed by atoms with Crippen molar-refractivity contribution < 1.29 is 14.4 Å². The normalized spacial score (nSPS) is 10.7. The minimum atomic E-state index is -0.976. The zero-order valence-corrected chi connectivity index (χ0v) is 12.4. The van der Waals surface area contributed by atoms with Crippen LogP contribution in [-0.2, 0) is 5.75 Å². The van der Waals surface area contributed by atoms with E-state index in [1.807, 2.05) is 23.6 Å². The number of carbonyl (C=O) groups is 1. The molecule has 0 saturated carbocycles. The Kier molecular flexibility index (Phi) is 4.03. The third-order valence-corrected chi connectivity index (χ3v) is 4.54. The maximum absolute atomic E-state index is 10.7. The number of thiophene rings is 1. The molecule has 106 valence electrons. The van der Waals surface area contributed by atoms with Gasteiger partial charge in [-0.2, -0.15) is 0 Å². The summed E-state index contributed by atoms with van der Waals surface area (Å²) in [7, 11) is 0. The lowest BCUT2D eigenvalue weighted by Crippen LogP contribution is -1.96. The van der Waals surface area contributed by atoms with Gasteiger partial charge in [0.1, 0.15) is 0 Å². The molecule has 3 aromatic rings. The summed E-state index contributed by atoms with van der Waals surface area (Å²) >= 11 is 3.08. The molecule has 3 heterocycles. The number of carboxylic acid groups (broad SMARTS) is 1. The highest BCUT2D eigenvalue weighted by molar-refractivity contribution is 7.98. The summed E-state index contributed by atoms with van der Waals surface area (Å²) in [5, 5.41) is 15.6. The van der Waals surface area contributed by atoms with E-state index in [4.69, 9.17) is 9.63 Å². The number of nitrogens with zero attached hydrogens (tertiary/aromatic N) is 2. The molecule has 0 unspecified atom stereocenters. The number of rotatable bonds is 5. The maximum Gasteiger partial charge on any atom is 0.337 e. The zero-order chi connectivity index (χ0) is 14.7. The Morgan fingerprint density at radius 3 is 2.95 bits per heavy atom. The van der Waals surface area contributed by atoms with E-state index in [1.165, 1.54) is 24.0 Å². The molecular formula is C14H10N2O3S2. The van der Waals surface area contributed by atoms with Crippen LogP contribution in [0.15, 0.2) is 51.5 Å². The first-order chi connectivity index (χ1) is 10.2. The summed E-state index contributed by atoms with van der Waals surface area (Å²) in [6, 6.07) is 9.08. The molecule has 21 heavy (non-hydrogen) atoms. The van der Waals surface area contributed by atoms with E-state index in [2.05, 4.69) is 10.1 Å². The standard InChI is InChI=1S/C14H10N2O3S2/c17-14(18)9-3-4-13(15-7-9)21-8-10-6-11(19-16-10)12-2-1-5-20-12/h1-7H,8H2,(H,17,18). The van der Waals surface area contributed by atoms with Crippen LogP contribution in [0.4, 0.5) is 0 Å². The number of aromatic carboxylic acids is 1. The summed E-state index contributed by atoms with van der Waals surface area (Å²) < 4.78 is 5.30. The fourth-order valence-corrected chi connectivity index (χ4v) is 3.05. The molecule has 0 aromatic carbocycles. The van der Waals surface area contributed by atoms with E-state index in [0.717, 1.165) is 21.4 Å². The molecular weight excluding hydrogens is 308 g/mol. The molecule has 3 rings (SSSR count). The average Bonchev–Trinajstić information content (AvgIpc) is 3.16. The molecule has 0 amide bonds. The smallest absolute Gasteiger partial charge is 0.337 e. The lowest BCUT2D eigenvalue weighted by Gasteiger charge is -1.98. The van der Waals surface area contributed by atoms with Gasteiger partial charge in [-0.25, -0.2) is 9.78 Å². The molecule has 0 aliphatic carbocycles. The van der Waals surface area contributed by atoms with Gasteiger partial charge in [-0.1, -0.05) is 23.0 Å². The van der Waals surface area contributed by atoms with Gasteiger partial charge in [0.05, 0.1) is 21.2 Å². The molecule has 0 atom stereocenters. The highest BCUT2D eigenvalue weighted by atomic mass is 32.2. The van der Waals surface area contributed by atoms with Gasteiger partial charge in [0.15, 0.2) is 5.76 Å². The van der Waals surface area contributed by atoms with E-state index < -0.39 is 5.97 Å². The second-order valence-corrected chi connectivity index (χ2v) is 6.08. The third kappa shape index (κ3) is 3.32. The molecule has 3 aromatic heterocycles. The van der Waals surface area contributed by atoms with Gasteiger partial charge in [-0.05, 0) is 23.6 Å². The predicted molar refractivity (Wildman–Crippen MR) is 80.6 cm³/mol. The van der Waals surface area contributed by atoms with Crippen molar-refractivity contribution in [3.63, 3.8) is 0 Å². The number of carboxylic acids is 1. The van der Waals surface area contributed by atoms with Crippen LogP contribution in [0.25, 0.3) is 10.6 Å². The molecule has 0 spiro atoms. The van der Waals surface area contributed by atoms with Crippen molar-refractivity contribution in [3.05, 3.63) is 53.2 Å². The topological polar surface area (TPSA) is 76.2 Å². The quantitative estimate of drug-likeness (QED) is 0.721. The number of hydrogen-bond acceptors (Lipinski definition) is 6. The van der Waals surface area contributed by atoms with Crippen molar-refractivity contribution >= 4 is 29.1 Å². The van der Waals surface area contributed by atoms with Gasteiger partial charge in [0.25, 0.3) is 0 Å². The van der Waals surface area contributed by atoms with Crippen molar-refractivity contribution in [1.82, 2.24) is 10.1 Å². The predicted octanol–water partition coefficient (Wildman–Crippen LogP) is 3.79. The highest BCUT2D eigenvalue weighted by Gasteiger charge is 2.09. The first kappa shape index (κ1) is 13.8. The molecule has 0 fully saturated rings. The minimum absolute atomic E-state index is 0.181. The lowest BCUT2D eigenvalue weighted by molar-refractivity contribution is 0.0696. The number of hydrogen-bond donors (Lipinski definition) is 1. The summed E-state index contributed by atoms with van der Waals surface area (Å²) in [4.78, 5) is 15.9. The van der Waals surface area contributed by atoms with E-state index in [-0.39, 0.29) is 5.56 Å². The summed E-state index contributed by atoms with van der Waals surface area (Å²) in [6.07, 6.45) is 1.35. The molecule has 0 aliphatic rings. The fraction of sp³-hybridized carbons (Fsp3) is 0.0714. The molecule has 0 saturated heterocycles. The Morgan fingerprint density at radius 2 is 2.29 bits per heavy atom. The third-order valence-electron chi connectivity index (χ3n) is 2.67. The largest absolute Gasteiger partial charge is 0.478 e. The maximum atomic E-state index is 10.7. The van der Waals surface area contributed by atoms with Crippen LogP contribution in [0, 0.1) is 0 Å². The van der Waals surface area contributed by atoms with Crippen LogP contribution in [0.1, 0.15) is 16.1 Å². The fourth-order valence-electron chi connectivity index (χ4n) is 1.65. The van der Waals surface area contributed by atoms with Crippen molar-refractivity contribution in [2.75, 3.05) is 0 Å². The van der Waals surface area contributed by atoms with Crippen LogP contribution < -0.4 is 0 Å². The second-order valence-electron chi connectivity index (χ2n) is 4.14. The summed E-state index contributed by atoms with van der Waals surface area (Å²) in [5.74, 6) is 0.403. The first-order valence-electron chi connectivity index (χ1n) is 6.04. The first-order valence-corrected chi connectivity index (χ1v) is 7.90. The van der Waals surface area contributed by atoms with Crippen molar-refractivity contribution in [2.24, 2.45) is 0 Å². The summed E-state index contributed by atoms with van der Waals surface area (Å²) in [6.45, 7) is 0. The summed E-state index contributed by atoms with van der Waals surface area (Å²) in [5.41, 5.74) is 1.01. The highest BCUT2D eigenvalue weighted by Crippen LogP contribution is 2.27. The lowest BCUT2D eigenvalue weighted by atomic mass is 10.3. The SMILES string of the molecule is O=C(O)c1ccc(SCc2cc(-c3cccs3)on2)nc1. The van der Waals surface area contributed by atoms with Gasteiger partial charge in [0.2, 0.25) is 0 Å². The molecule has 0 bridgehead atoms. The Labute approximate surface area is 128 Å². The Balaban J connectivity index is 1.64. The molecule has 7 heteroatoms. The number of thioether (sulfide) groups is 1.